The van der Waals surface area contributed by atoms with E-state index in [1.54, 1.807) is 68.6 Å². The fourth-order valence-electron chi connectivity index (χ4n) is 3.51. The Balaban J connectivity index is 1.35. The predicted molar refractivity (Wildman–Crippen MR) is 134 cm³/mol. The Morgan fingerprint density at radius 2 is 1.89 bits per heavy atom. The van der Waals surface area contributed by atoms with E-state index in [9.17, 15) is 14.0 Å². The SMILES string of the molecule is COc1ccc(/C=C/C(=O)NC(C)C(=O)Nc2ccc3nc(Cc4ccccc4F)[nH]c3c2)cc1. The van der Waals surface area contributed by atoms with Crippen molar-refractivity contribution in [1.82, 2.24) is 15.3 Å². The molecule has 3 N–H and O–H groups in total. The molecule has 0 saturated heterocycles. The molecule has 8 heteroatoms. The van der Waals surface area contributed by atoms with Crippen LogP contribution in [0, 0.1) is 5.82 Å². The van der Waals surface area contributed by atoms with Crippen molar-refractivity contribution in [2.45, 2.75) is 19.4 Å². The molecule has 35 heavy (non-hydrogen) atoms. The lowest BCUT2D eigenvalue weighted by molar-refractivity contribution is -0.123. The zero-order valence-electron chi connectivity index (χ0n) is 19.3. The second kappa shape index (κ2) is 10.6. The summed E-state index contributed by atoms with van der Waals surface area (Å²) in [6.45, 7) is 1.61. The van der Waals surface area contributed by atoms with Gasteiger partial charge in [-0.1, -0.05) is 30.3 Å². The molecule has 1 aromatic heterocycles. The lowest BCUT2D eigenvalue weighted by atomic mass is 10.1. The minimum Gasteiger partial charge on any atom is -0.497 e. The zero-order valence-corrected chi connectivity index (χ0v) is 19.3. The van der Waals surface area contributed by atoms with Crippen molar-refractivity contribution in [3.63, 3.8) is 0 Å². The third-order valence-corrected chi connectivity index (χ3v) is 5.41. The Morgan fingerprint density at radius 3 is 2.63 bits per heavy atom. The Kier molecular flexibility index (Phi) is 7.21. The summed E-state index contributed by atoms with van der Waals surface area (Å²) in [5, 5.41) is 5.44. The van der Waals surface area contributed by atoms with Gasteiger partial charge >= 0.3 is 0 Å². The molecule has 1 atom stereocenters. The van der Waals surface area contributed by atoms with E-state index in [2.05, 4.69) is 20.6 Å². The van der Waals surface area contributed by atoms with Gasteiger partial charge in [-0.25, -0.2) is 9.37 Å². The van der Waals surface area contributed by atoms with Gasteiger partial charge in [-0.15, -0.1) is 0 Å². The second-order valence-electron chi connectivity index (χ2n) is 8.01. The minimum absolute atomic E-state index is 0.282. The lowest BCUT2D eigenvalue weighted by Crippen LogP contribution is -2.40. The summed E-state index contributed by atoms with van der Waals surface area (Å²) in [6, 6.07) is 18.3. The number of methoxy groups -OCH3 is 1. The molecule has 2 amide bonds. The van der Waals surface area contributed by atoms with Crippen LogP contribution in [0.3, 0.4) is 0 Å². The van der Waals surface area contributed by atoms with Gasteiger partial charge in [0.05, 0.1) is 18.1 Å². The van der Waals surface area contributed by atoms with Gasteiger partial charge < -0.3 is 20.4 Å². The molecule has 4 aromatic rings. The number of hydrogen-bond donors (Lipinski definition) is 3. The van der Waals surface area contributed by atoms with Crippen molar-refractivity contribution in [2.24, 2.45) is 0 Å². The first-order valence-corrected chi connectivity index (χ1v) is 11.1. The highest BCUT2D eigenvalue weighted by Crippen LogP contribution is 2.20. The average molecular weight is 473 g/mol. The van der Waals surface area contributed by atoms with Gasteiger partial charge in [-0.3, -0.25) is 9.59 Å². The molecular weight excluding hydrogens is 447 g/mol. The Bertz CT molecular complexity index is 1380. The molecule has 0 aliphatic carbocycles. The summed E-state index contributed by atoms with van der Waals surface area (Å²) in [6.07, 6.45) is 3.36. The largest absolute Gasteiger partial charge is 0.497 e. The van der Waals surface area contributed by atoms with Crippen molar-refractivity contribution in [3.8, 4) is 5.75 Å². The van der Waals surface area contributed by atoms with Gasteiger partial charge in [-0.2, -0.15) is 0 Å². The summed E-state index contributed by atoms with van der Waals surface area (Å²) in [5.41, 5.74) is 3.36. The molecule has 0 aliphatic rings. The van der Waals surface area contributed by atoms with Crippen LogP contribution in [-0.2, 0) is 16.0 Å². The molecule has 0 fully saturated rings. The van der Waals surface area contributed by atoms with Crippen LogP contribution in [0.1, 0.15) is 23.9 Å². The van der Waals surface area contributed by atoms with Crippen molar-refractivity contribution in [2.75, 3.05) is 12.4 Å². The zero-order chi connectivity index (χ0) is 24.8. The van der Waals surface area contributed by atoms with Gasteiger partial charge in [0.2, 0.25) is 11.8 Å². The number of amides is 2. The van der Waals surface area contributed by atoms with Crippen LogP contribution in [0.2, 0.25) is 0 Å². The van der Waals surface area contributed by atoms with Gasteiger partial charge in [0.1, 0.15) is 23.4 Å². The number of imidazole rings is 1. The van der Waals surface area contributed by atoms with Crippen molar-refractivity contribution >= 4 is 34.6 Å². The molecule has 0 spiro atoms. The normalized spacial score (nSPS) is 12.0. The molecule has 0 bridgehead atoms. The van der Waals surface area contributed by atoms with Crippen molar-refractivity contribution < 1.29 is 18.7 Å². The number of nitrogens with zero attached hydrogens (tertiary/aromatic N) is 1. The summed E-state index contributed by atoms with van der Waals surface area (Å²) in [4.78, 5) is 32.5. The minimum atomic E-state index is -0.753. The number of carbonyl (C=O) groups is 2. The number of anilines is 1. The van der Waals surface area contributed by atoms with E-state index in [4.69, 9.17) is 4.74 Å². The molecule has 1 unspecified atom stereocenters. The molecule has 178 valence electrons. The third kappa shape index (κ3) is 6.11. The molecule has 0 saturated carbocycles. The fraction of sp³-hybridized carbons (Fsp3) is 0.148. The monoisotopic (exact) mass is 472 g/mol. The standard InChI is InChI=1S/C27H25FN4O3/c1-17(29-26(33)14-9-18-7-11-21(35-2)12-8-18)27(34)30-20-10-13-23-24(16-20)32-25(31-23)15-19-5-3-4-6-22(19)28/h3-14,16-17H,15H2,1-2H3,(H,29,33)(H,30,34)(H,31,32)/b14-9+. The first-order chi connectivity index (χ1) is 16.9. The Labute approximate surface area is 202 Å². The highest BCUT2D eigenvalue weighted by Gasteiger charge is 2.15. The van der Waals surface area contributed by atoms with E-state index in [0.29, 0.717) is 34.5 Å². The molecule has 3 aromatic carbocycles. The number of benzene rings is 3. The number of carbonyl (C=O) groups excluding carboxylic acids is 2. The fourth-order valence-corrected chi connectivity index (χ4v) is 3.51. The van der Waals surface area contributed by atoms with Gasteiger partial charge in [-0.05, 0) is 60.5 Å². The predicted octanol–water partition coefficient (Wildman–Crippen LogP) is 4.46. The highest BCUT2D eigenvalue weighted by molar-refractivity contribution is 6.00. The number of H-pyrrole nitrogens is 1. The van der Waals surface area contributed by atoms with Crippen LogP contribution in [0.4, 0.5) is 10.1 Å². The maximum absolute atomic E-state index is 13.9. The number of fused-ring (bicyclic) bond motifs is 1. The number of hydrogen-bond acceptors (Lipinski definition) is 4. The number of halogens is 1. The molecule has 7 nitrogen and oxygen atoms in total. The van der Waals surface area contributed by atoms with Crippen LogP contribution in [-0.4, -0.2) is 34.9 Å². The van der Waals surface area contributed by atoms with Crippen molar-refractivity contribution in [3.05, 3.63) is 95.6 Å². The van der Waals surface area contributed by atoms with E-state index < -0.39 is 6.04 Å². The molecule has 1 heterocycles. The average Bonchev–Trinajstić information content (AvgIpc) is 3.26. The number of aromatic nitrogens is 2. The molecule has 0 radical (unpaired) electrons. The number of aromatic amines is 1. The summed E-state index contributed by atoms with van der Waals surface area (Å²) in [7, 11) is 1.59. The van der Waals surface area contributed by atoms with Crippen LogP contribution in [0.15, 0.2) is 72.8 Å². The number of rotatable bonds is 8. The van der Waals surface area contributed by atoms with E-state index in [-0.39, 0.29) is 17.6 Å². The van der Waals surface area contributed by atoms with E-state index >= 15 is 0 Å². The van der Waals surface area contributed by atoms with Gasteiger partial charge in [0.25, 0.3) is 0 Å². The molecule has 0 aliphatic heterocycles. The van der Waals surface area contributed by atoms with E-state index in [1.165, 1.54) is 12.1 Å². The smallest absolute Gasteiger partial charge is 0.246 e. The van der Waals surface area contributed by atoms with Crippen LogP contribution < -0.4 is 15.4 Å². The number of nitrogens with one attached hydrogen (secondary N) is 3. The maximum Gasteiger partial charge on any atom is 0.246 e. The van der Waals surface area contributed by atoms with Gasteiger partial charge in [0, 0.05) is 18.2 Å². The third-order valence-electron chi connectivity index (χ3n) is 5.41. The topological polar surface area (TPSA) is 96.1 Å². The molecule has 4 rings (SSSR count). The summed E-state index contributed by atoms with van der Waals surface area (Å²) < 4.78 is 19.0. The van der Waals surface area contributed by atoms with Crippen LogP contribution >= 0.6 is 0 Å². The Morgan fingerprint density at radius 1 is 1.11 bits per heavy atom. The summed E-state index contributed by atoms with van der Waals surface area (Å²) in [5.74, 6) is 0.326. The van der Waals surface area contributed by atoms with E-state index in [0.717, 1.165) is 11.3 Å². The van der Waals surface area contributed by atoms with Crippen molar-refractivity contribution in [1.29, 1.82) is 0 Å². The molecular formula is C27H25FN4O3. The summed E-state index contributed by atoms with van der Waals surface area (Å²) >= 11 is 0. The first kappa shape index (κ1) is 23.7. The maximum atomic E-state index is 13.9. The quantitative estimate of drug-likeness (QED) is 0.330. The van der Waals surface area contributed by atoms with Crippen LogP contribution in [0.25, 0.3) is 17.1 Å². The first-order valence-electron chi connectivity index (χ1n) is 11.1. The number of ether oxygens (including phenoxy) is 1. The second-order valence-corrected chi connectivity index (χ2v) is 8.01. The highest BCUT2D eigenvalue weighted by atomic mass is 19.1. The lowest BCUT2D eigenvalue weighted by Gasteiger charge is -2.13. The van der Waals surface area contributed by atoms with E-state index in [1.807, 2.05) is 12.1 Å². The van der Waals surface area contributed by atoms with Crippen LogP contribution in [0.5, 0.6) is 5.75 Å². The Hall–Kier alpha value is -4.46. The van der Waals surface area contributed by atoms with Gasteiger partial charge in [0.15, 0.2) is 0 Å².